The fourth-order valence-electron chi connectivity index (χ4n) is 2.65. The Hall–Kier alpha value is -3.34. The van der Waals surface area contributed by atoms with Crippen LogP contribution in [0.2, 0.25) is 0 Å². The molecule has 1 heterocycles. The van der Waals surface area contributed by atoms with Crippen LogP contribution in [0.4, 0.5) is 5.69 Å². The van der Waals surface area contributed by atoms with Crippen LogP contribution in [-0.2, 0) is 11.3 Å². The van der Waals surface area contributed by atoms with Crippen molar-refractivity contribution in [2.45, 2.75) is 13.5 Å². The van der Waals surface area contributed by atoms with Crippen LogP contribution >= 0.6 is 0 Å². The van der Waals surface area contributed by atoms with E-state index in [2.05, 4.69) is 4.98 Å². The van der Waals surface area contributed by atoms with Gasteiger partial charge in [0.05, 0.1) is 19.3 Å². The summed E-state index contributed by atoms with van der Waals surface area (Å²) in [7, 11) is 1.57. The van der Waals surface area contributed by atoms with Gasteiger partial charge in [0.25, 0.3) is 0 Å². The van der Waals surface area contributed by atoms with Crippen LogP contribution in [0.5, 0.6) is 17.4 Å². The molecular weight excluding hydrogens is 328 g/mol. The lowest BCUT2D eigenvalue weighted by Crippen LogP contribution is -2.28. The first-order valence-corrected chi connectivity index (χ1v) is 8.27. The summed E-state index contributed by atoms with van der Waals surface area (Å²) in [4.78, 5) is 18.2. The molecule has 0 aliphatic carbocycles. The number of benzene rings is 2. The van der Waals surface area contributed by atoms with Gasteiger partial charge in [-0.2, -0.15) is 0 Å². The van der Waals surface area contributed by atoms with Gasteiger partial charge in [-0.25, -0.2) is 4.98 Å². The Labute approximate surface area is 152 Å². The van der Waals surface area contributed by atoms with Crippen molar-refractivity contribution in [1.29, 1.82) is 0 Å². The van der Waals surface area contributed by atoms with E-state index >= 15 is 0 Å². The second-order valence-corrected chi connectivity index (χ2v) is 5.66. The first-order chi connectivity index (χ1) is 12.7. The minimum absolute atomic E-state index is 0.0972. The van der Waals surface area contributed by atoms with E-state index in [9.17, 15) is 4.79 Å². The van der Waals surface area contributed by atoms with Crippen LogP contribution in [0, 0.1) is 0 Å². The number of hydrogen-bond acceptors (Lipinski definition) is 4. The lowest BCUT2D eigenvalue weighted by atomic mass is 10.2. The van der Waals surface area contributed by atoms with E-state index in [-0.39, 0.29) is 5.91 Å². The number of rotatable bonds is 6. The van der Waals surface area contributed by atoms with Gasteiger partial charge < -0.3 is 14.4 Å². The predicted octanol–water partition coefficient (Wildman–Crippen LogP) is 4.44. The minimum atomic E-state index is -0.0972. The zero-order valence-corrected chi connectivity index (χ0v) is 14.8. The largest absolute Gasteiger partial charge is 0.481 e. The third-order valence-corrected chi connectivity index (χ3v) is 3.88. The monoisotopic (exact) mass is 348 g/mol. The van der Waals surface area contributed by atoms with E-state index in [0.717, 1.165) is 5.56 Å². The van der Waals surface area contributed by atoms with Crippen molar-refractivity contribution in [1.82, 2.24) is 4.98 Å². The third-order valence-electron chi connectivity index (χ3n) is 3.88. The highest BCUT2D eigenvalue weighted by Gasteiger charge is 2.19. The summed E-state index contributed by atoms with van der Waals surface area (Å²) in [6, 6.07) is 20.7. The normalized spacial score (nSPS) is 10.2. The smallest absolute Gasteiger partial charge is 0.224 e. The summed E-state index contributed by atoms with van der Waals surface area (Å²) in [5.74, 6) is 1.72. The maximum absolute atomic E-state index is 12.4. The molecule has 5 nitrogen and oxygen atoms in total. The number of nitrogens with zero attached hydrogens (tertiary/aromatic N) is 2. The average molecular weight is 348 g/mol. The number of ether oxygens (including phenoxy) is 2. The van der Waals surface area contributed by atoms with Crippen LogP contribution in [0.3, 0.4) is 0 Å². The number of anilines is 1. The highest BCUT2D eigenvalue weighted by molar-refractivity contribution is 5.93. The summed E-state index contributed by atoms with van der Waals surface area (Å²) in [5, 5.41) is 0. The summed E-state index contributed by atoms with van der Waals surface area (Å²) in [5.41, 5.74) is 1.51. The van der Waals surface area contributed by atoms with Gasteiger partial charge in [0.15, 0.2) is 5.75 Å². The quantitative estimate of drug-likeness (QED) is 0.661. The van der Waals surface area contributed by atoms with Gasteiger partial charge in [0.2, 0.25) is 11.8 Å². The van der Waals surface area contributed by atoms with Crippen molar-refractivity contribution in [2.75, 3.05) is 12.0 Å². The number of carbonyl (C=O) groups excluding carboxylic acids is 1. The molecule has 1 amide bonds. The minimum Gasteiger partial charge on any atom is -0.481 e. The van der Waals surface area contributed by atoms with Crippen LogP contribution in [-0.4, -0.2) is 18.0 Å². The lowest BCUT2D eigenvalue weighted by Gasteiger charge is -2.24. The first kappa shape index (κ1) is 17.5. The summed E-state index contributed by atoms with van der Waals surface area (Å²) >= 11 is 0. The highest BCUT2D eigenvalue weighted by atomic mass is 16.5. The molecule has 132 valence electrons. The maximum atomic E-state index is 12.4. The van der Waals surface area contributed by atoms with Gasteiger partial charge in [0, 0.05) is 18.7 Å². The van der Waals surface area contributed by atoms with Crippen LogP contribution in [0.25, 0.3) is 0 Å². The zero-order chi connectivity index (χ0) is 18.4. The maximum Gasteiger partial charge on any atom is 0.224 e. The number of methoxy groups -OCH3 is 1. The molecule has 0 N–H and O–H groups in total. The van der Waals surface area contributed by atoms with E-state index in [1.54, 1.807) is 18.2 Å². The lowest BCUT2D eigenvalue weighted by molar-refractivity contribution is -0.116. The number of para-hydroxylation sites is 3. The zero-order valence-electron chi connectivity index (χ0n) is 14.8. The van der Waals surface area contributed by atoms with Gasteiger partial charge in [-0.15, -0.1) is 0 Å². The molecule has 0 spiro atoms. The van der Waals surface area contributed by atoms with Crippen molar-refractivity contribution in [3.8, 4) is 17.4 Å². The molecule has 0 aliphatic heterocycles. The predicted molar refractivity (Wildman–Crippen MR) is 101 cm³/mol. The number of hydrogen-bond donors (Lipinski definition) is 0. The molecule has 3 rings (SSSR count). The van der Waals surface area contributed by atoms with Crippen LogP contribution in [0.1, 0.15) is 12.5 Å². The highest BCUT2D eigenvalue weighted by Crippen LogP contribution is 2.33. The Bertz CT molecular complexity index is 881. The number of aromatic nitrogens is 1. The Kier molecular flexibility index (Phi) is 5.49. The average Bonchev–Trinajstić information content (AvgIpc) is 2.67. The molecule has 2 aromatic carbocycles. The third kappa shape index (κ3) is 4.00. The van der Waals surface area contributed by atoms with E-state index in [4.69, 9.17) is 9.47 Å². The molecule has 1 aromatic heterocycles. The van der Waals surface area contributed by atoms with Crippen molar-refractivity contribution < 1.29 is 14.3 Å². The van der Waals surface area contributed by atoms with E-state index < -0.39 is 0 Å². The fourth-order valence-corrected chi connectivity index (χ4v) is 2.65. The Morgan fingerprint density at radius 3 is 2.46 bits per heavy atom. The van der Waals surface area contributed by atoms with Crippen molar-refractivity contribution in [3.63, 3.8) is 0 Å². The topological polar surface area (TPSA) is 51.7 Å². The molecule has 0 saturated carbocycles. The second kappa shape index (κ2) is 8.16. The molecular formula is C21H20N2O3. The number of amides is 1. The molecule has 5 heteroatoms. The van der Waals surface area contributed by atoms with Crippen molar-refractivity contribution in [3.05, 3.63) is 78.5 Å². The molecule has 0 unspecified atom stereocenters. The van der Waals surface area contributed by atoms with E-state index in [0.29, 0.717) is 29.6 Å². The molecule has 3 aromatic rings. The van der Waals surface area contributed by atoms with Gasteiger partial charge in [-0.3, -0.25) is 4.79 Å². The fraction of sp³-hybridized carbons (Fsp3) is 0.143. The Morgan fingerprint density at radius 1 is 1.00 bits per heavy atom. The number of carbonyl (C=O) groups is 1. The molecule has 0 fully saturated rings. The van der Waals surface area contributed by atoms with Gasteiger partial charge >= 0.3 is 0 Å². The molecule has 0 radical (unpaired) electrons. The molecule has 26 heavy (non-hydrogen) atoms. The van der Waals surface area contributed by atoms with Crippen molar-refractivity contribution >= 4 is 11.6 Å². The van der Waals surface area contributed by atoms with Gasteiger partial charge in [-0.05, 0) is 30.3 Å². The summed E-state index contributed by atoms with van der Waals surface area (Å²) in [6.45, 7) is 1.86. The Balaban J connectivity index is 1.95. The second-order valence-electron chi connectivity index (χ2n) is 5.66. The van der Waals surface area contributed by atoms with E-state index in [1.165, 1.54) is 6.92 Å². The van der Waals surface area contributed by atoms with Gasteiger partial charge in [-0.1, -0.05) is 36.4 Å². The summed E-state index contributed by atoms with van der Waals surface area (Å²) in [6.07, 6.45) is 1.66. The van der Waals surface area contributed by atoms with Crippen molar-refractivity contribution in [2.24, 2.45) is 0 Å². The SMILES string of the molecule is COc1ncccc1CN(C(C)=O)c1ccccc1Oc1ccccc1. The van der Waals surface area contributed by atoms with Crippen LogP contribution < -0.4 is 14.4 Å². The van der Waals surface area contributed by atoms with Crippen LogP contribution in [0.15, 0.2) is 72.9 Å². The number of pyridine rings is 1. The first-order valence-electron chi connectivity index (χ1n) is 8.27. The van der Waals surface area contributed by atoms with Gasteiger partial charge in [0.1, 0.15) is 5.75 Å². The molecule has 0 atom stereocenters. The molecule has 0 bridgehead atoms. The summed E-state index contributed by atoms with van der Waals surface area (Å²) < 4.78 is 11.3. The molecule has 0 aliphatic rings. The standard InChI is InChI=1S/C21H20N2O3/c1-16(24)23(15-17-9-8-14-22-21(17)25-2)19-12-6-7-13-20(19)26-18-10-4-3-5-11-18/h3-14H,15H2,1-2H3. The van der Waals surface area contributed by atoms with E-state index in [1.807, 2.05) is 66.7 Å². The molecule has 0 saturated heterocycles. The Morgan fingerprint density at radius 2 is 1.73 bits per heavy atom.